The average Bonchev–Trinajstić information content (AvgIpc) is 2.53. The molecule has 3 atom stereocenters. The third kappa shape index (κ3) is 7.64. The second kappa shape index (κ2) is 10.7. The molecule has 146 valence electrons. The topological polar surface area (TPSA) is 119 Å². The van der Waals surface area contributed by atoms with Gasteiger partial charge in [-0.05, 0) is 26.7 Å². The van der Waals surface area contributed by atoms with Crippen LogP contribution in [0, 0.1) is 16.7 Å². The molecule has 0 aliphatic carbocycles. The number of carbonyl (C=O) groups is 3. The van der Waals surface area contributed by atoms with Crippen LogP contribution in [-0.4, -0.2) is 54.7 Å². The quantitative estimate of drug-likeness (QED) is 0.419. The molecule has 0 bridgehead atoms. The minimum Gasteiger partial charge on any atom is -0.481 e. The van der Waals surface area contributed by atoms with Gasteiger partial charge < -0.3 is 20.9 Å². The summed E-state index contributed by atoms with van der Waals surface area (Å²) in [7, 11) is 1.55. The molecule has 8 heteroatoms. The van der Waals surface area contributed by atoms with Crippen LogP contribution in [0.25, 0.3) is 0 Å². The number of nitrogens with one attached hydrogen (secondary N) is 1. The summed E-state index contributed by atoms with van der Waals surface area (Å²) in [6.07, 6.45) is 0.280. The molecule has 2 amide bonds. The largest absolute Gasteiger partial charge is 0.481 e. The van der Waals surface area contributed by atoms with Gasteiger partial charge in [-0.15, -0.1) is 0 Å². The van der Waals surface area contributed by atoms with Crippen LogP contribution in [0.2, 0.25) is 0 Å². The summed E-state index contributed by atoms with van der Waals surface area (Å²) in [5.74, 6) is -1.26. The molecule has 4 N–H and O–H groups in total. The summed E-state index contributed by atoms with van der Waals surface area (Å²) in [5.41, 5.74) is 3.65. The highest BCUT2D eigenvalue weighted by Gasteiger charge is 2.44. The molecule has 0 aromatic heterocycles. The van der Waals surface area contributed by atoms with Crippen LogP contribution in [-0.2, 0) is 19.1 Å². The van der Waals surface area contributed by atoms with Crippen molar-refractivity contribution in [2.24, 2.45) is 22.5 Å². The first-order valence-corrected chi connectivity index (χ1v) is 9.58. The van der Waals surface area contributed by atoms with Crippen LogP contribution >= 0.6 is 11.8 Å². The number of thioether (sulfide) groups is 1. The van der Waals surface area contributed by atoms with Gasteiger partial charge in [-0.2, -0.15) is 11.8 Å². The second-order valence-electron chi connectivity index (χ2n) is 6.93. The van der Waals surface area contributed by atoms with Crippen molar-refractivity contribution in [3.63, 3.8) is 0 Å². The van der Waals surface area contributed by atoms with Gasteiger partial charge in [0.25, 0.3) is 0 Å². The molecule has 3 unspecified atom stereocenters. The Hall–Kier alpha value is -1.28. The number of carbonyl (C=O) groups excluding carboxylic acids is 2. The summed E-state index contributed by atoms with van der Waals surface area (Å²) >= 11 is 1.57. The Morgan fingerprint density at radius 2 is 1.88 bits per heavy atom. The van der Waals surface area contributed by atoms with Gasteiger partial charge in [0.15, 0.2) is 0 Å². The molecule has 0 aromatic carbocycles. The Balaban J connectivity index is 5.24. The number of aliphatic carboxylic acids is 1. The van der Waals surface area contributed by atoms with E-state index in [4.69, 9.17) is 15.6 Å². The van der Waals surface area contributed by atoms with Crippen LogP contribution in [0.3, 0.4) is 0 Å². The Kier molecular flexibility index (Phi) is 10.1. The third-order valence-electron chi connectivity index (χ3n) is 4.33. The number of nitrogens with two attached hydrogens (primary N) is 1. The van der Waals surface area contributed by atoms with E-state index in [0.29, 0.717) is 19.0 Å². The average molecular weight is 377 g/mol. The van der Waals surface area contributed by atoms with E-state index in [1.165, 1.54) is 6.92 Å². The van der Waals surface area contributed by atoms with Crippen LogP contribution < -0.4 is 11.1 Å². The van der Waals surface area contributed by atoms with Crippen molar-refractivity contribution in [3.8, 4) is 0 Å². The molecule has 0 saturated heterocycles. The fraction of sp³-hybridized carbons (Fsp3) is 0.824. The summed E-state index contributed by atoms with van der Waals surface area (Å²) in [6, 6.07) is 0. The van der Waals surface area contributed by atoms with E-state index in [9.17, 15) is 14.4 Å². The lowest BCUT2D eigenvalue weighted by atomic mass is 9.69. The lowest BCUT2D eigenvalue weighted by molar-refractivity contribution is -0.143. The van der Waals surface area contributed by atoms with Gasteiger partial charge in [0.1, 0.15) is 0 Å². The minimum absolute atomic E-state index is 0.0911. The lowest BCUT2D eigenvalue weighted by Crippen LogP contribution is -2.47. The summed E-state index contributed by atoms with van der Waals surface area (Å²) < 4.78 is 5.29. The monoisotopic (exact) mass is 376 g/mol. The maximum Gasteiger partial charge on any atom is 0.306 e. The number of rotatable bonds is 13. The van der Waals surface area contributed by atoms with Gasteiger partial charge in [-0.1, -0.05) is 13.8 Å². The van der Waals surface area contributed by atoms with Crippen LogP contribution in [0.15, 0.2) is 0 Å². The molecule has 0 fully saturated rings. The molecule has 7 nitrogen and oxygen atoms in total. The minimum atomic E-state index is -1.08. The number of carboxylic acid groups (broad SMARTS) is 1. The van der Waals surface area contributed by atoms with Crippen molar-refractivity contribution in [1.82, 2.24) is 5.32 Å². The van der Waals surface area contributed by atoms with E-state index in [2.05, 4.69) is 5.32 Å². The fourth-order valence-electron chi connectivity index (χ4n) is 2.94. The molecular weight excluding hydrogens is 344 g/mol. The highest BCUT2D eigenvalue weighted by atomic mass is 32.2. The zero-order valence-electron chi connectivity index (χ0n) is 15.9. The normalized spacial score (nSPS) is 17.2. The maximum atomic E-state index is 12.4. The predicted octanol–water partition coefficient (Wildman–Crippen LogP) is 1.50. The lowest BCUT2D eigenvalue weighted by Gasteiger charge is -2.37. The molecule has 0 aliphatic heterocycles. The Morgan fingerprint density at radius 3 is 2.32 bits per heavy atom. The number of ether oxygens (including phenoxy) is 1. The molecule has 0 rings (SSSR count). The van der Waals surface area contributed by atoms with Gasteiger partial charge in [0.05, 0.1) is 17.9 Å². The van der Waals surface area contributed by atoms with E-state index >= 15 is 0 Å². The van der Waals surface area contributed by atoms with E-state index in [-0.39, 0.29) is 18.7 Å². The number of amides is 2. The van der Waals surface area contributed by atoms with Crippen molar-refractivity contribution in [3.05, 3.63) is 0 Å². The summed E-state index contributed by atoms with van der Waals surface area (Å²) in [5, 5.41) is 11.8. The number of hydrogen-bond donors (Lipinski definition) is 3. The zero-order chi connectivity index (χ0) is 19.7. The van der Waals surface area contributed by atoms with Crippen molar-refractivity contribution < 1.29 is 24.2 Å². The molecule has 0 heterocycles. The highest BCUT2D eigenvalue weighted by Crippen LogP contribution is 2.41. The maximum absolute atomic E-state index is 12.4. The van der Waals surface area contributed by atoms with E-state index in [0.717, 1.165) is 5.75 Å². The summed E-state index contributed by atoms with van der Waals surface area (Å²) in [4.78, 5) is 35.7. The number of carboxylic acids is 1. The molecule has 0 radical (unpaired) electrons. The molecule has 0 saturated carbocycles. The Morgan fingerprint density at radius 1 is 1.28 bits per heavy atom. The van der Waals surface area contributed by atoms with E-state index in [1.54, 1.807) is 32.7 Å². The summed E-state index contributed by atoms with van der Waals surface area (Å²) in [6.45, 7) is 8.11. The zero-order valence-corrected chi connectivity index (χ0v) is 16.7. The van der Waals surface area contributed by atoms with E-state index < -0.39 is 28.6 Å². The first-order valence-electron chi connectivity index (χ1n) is 8.42. The molecule has 0 spiro atoms. The number of primary amides is 1. The van der Waals surface area contributed by atoms with Crippen molar-refractivity contribution >= 4 is 29.5 Å². The van der Waals surface area contributed by atoms with Crippen LogP contribution in [0.4, 0.5) is 0 Å². The van der Waals surface area contributed by atoms with Crippen LogP contribution in [0.5, 0.6) is 0 Å². The third-order valence-corrected chi connectivity index (χ3v) is 5.62. The van der Waals surface area contributed by atoms with Gasteiger partial charge in [-0.3, -0.25) is 14.4 Å². The highest BCUT2D eigenvalue weighted by molar-refractivity contribution is 7.99. The van der Waals surface area contributed by atoms with E-state index in [1.807, 2.05) is 6.92 Å². The fourth-order valence-corrected chi connectivity index (χ4v) is 4.01. The standard InChI is InChI=1S/C17H32N2O5S/c1-6-24-7-8-25-11-17(4,15(23)19-5)10-16(3,14(18)22)9-12(2)13(20)21/h12H,6-11H2,1-5H3,(H2,18,22)(H,19,23)(H,20,21). The Bertz CT molecular complexity index is 474. The van der Waals surface area contributed by atoms with Crippen molar-refractivity contribution in [2.75, 3.05) is 31.8 Å². The van der Waals surface area contributed by atoms with Gasteiger partial charge in [0.2, 0.25) is 11.8 Å². The molecular formula is C17H32N2O5S. The second-order valence-corrected chi connectivity index (χ2v) is 8.04. The van der Waals surface area contributed by atoms with Gasteiger partial charge in [0, 0.05) is 30.6 Å². The smallest absolute Gasteiger partial charge is 0.306 e. The first kappa shape index (κ1) is 23.7. The first-order chi connectivity index (χ1) is 11.5. The van der Waals surface area contributed by atoms with Gasteiger partial charge in [-0.25, -0.2) is 0 Å². The molecule has 0 aromatic rings. The Labute approximate surface area is 154 Å². The van der Waals surface area contributed by atoms with Crippen molar-refractivity contribution in [2.45, 2.75) is 40.5 Å². The van der Waals surface area contributed by atoms with Crippen LogP contribution in [0.1, 0.15) is 40.5 Å². The van der Waals surface area contributed by atoms with Gasteiger partial charge >= 0.3 is 5.97 Å². The number of hydrogen-bond acceptors (Lipinski definition) is 5. The van der Waals surface area contributed by atoms with Crippen molar-refractivity contribution in [1.29, 1.82) is 0 Å². The predicted molar refractivity (Wildman–Crippen MR) is 99.3 cm³/mol. The SMILES string of the molecule is CCOCCSCC(C)(CC(C)(CC(C)C(=O)O)C(N)=O)C(=O)NC. The molecule has 25 heavy (non-hydrogen) atoms. The molecule has 0 aliphatic rings.